The Hall–Kier alpha value is -2.05. The van der Waals surface area contributed by atoms with E-state index in [1.54, 1.807) is 24.8 Å². The Kier molecular flexibility index (Phi) is 4.97. The van der Waals surface area contributed by atoms with Gasteiger partial charge in [-0.2, -0.15) is 0 Å². The Morgan fingerprint density at radius 1 is 1.25 bits per heavy atom. The van der Waals surface area contributed by atoms with Crippen molar-refractivity contribution in [3.8, 4) is 5.75 Å². The van der Waals surface area contributed by atoms with E-state index in [1.165, 1.54) is 0 Å². The number of aryl methyl sites for hydroxylation is 1. The van der Waals surface area contributed by atoms with Crippen LogP contribution >= 0.6 is 0 Å². The van der Waals surface area contributed by atoms with Gasteiger partial charge in [-0.1, -0.05) is 6.92 Å². The molecule has 0 aliphatic heterocycles. The first kappa shape index (κ1) is 14.4. The van der Waals surface area contributed by atoms with E-state index < -0.39 is 0 Å². The molecule has 0 aliphatic rings. The zero-order valence-electron chi connectivity index (χ0n) is 11.7. The van der Waals surface area contributed by atoms with Crippen molar-refractivity contribution in [2.75, 3.05) is 6.61 Å². The highest BCUT2D eigenvalue weighted by Crippen LogP contribution is 2.22. The summed E-state index contributed by atoms with van der Waals surface area (Å²) in [6.45, 7) is 4.61. The summed E-state index contributed by atoms with van der Waals surface area (Å²) in [5.41, 5.74) is 5.23. The van der Waals surface area contributed by atoms with Gasteiger partial charge in [0.25, 0.3) is 0 Å². The van der Waals surface area contributed by atoms with Crippen molar-refractivity contribution in [1.29, 1.82) is 0 Å². The summed E-state index contributed by atoms with van der Waals surface area (Å²) < 4.78 is 5.58. The number of rotatable bonds is 6. The molecular weight excluding hydrogens is 254 g/mol. The lowest BCUT2D eigenvalue weighted by atomic mass is 10.1. The Morgan fingerprint density at radius 2 is 2.10 bits per heavy atom. The first-order valence-electron chi connectivity index (χ1n) is 6.57. The highest BCUT2D eigenvalue weighted by atomic mass is 16.5. The van der Waals surface area contributed by atoms with Crippen molar-refractivity contribution < 1.29 is 4.74 Å². The van der Waals surface area contributed by atoms with Crippen LogP contribution in [-0.2, 0) is 0 Å². The van der Waals surface area contributed by atoms with E-state index in [0.717, 1.165) is 29.1 Å². The van der Waals surface area contributed by atoms with Crippen LogP contribution < -0.4 is 16.0 Å². The van der Waals surface area contributed by atoms with Crippen molar-refractivity contribution in [3.05, 3.63) is 47.8 Å². The van der Waals surface area contributed by atoms with Gasteiger partial charge in [-0.25, -0.2) is 5.43 Å². The molecule has 0 aromatic carbocycles. The predicted octanol–water partition coefficient (Wildman–Crippen LogP) is 1.52. The Balaban J connectivity index is 2.24. The molecule has 3 N–H and O–H groups in total. The van der Waals surface area contributed by atoms with Gasteiger partial charge in [0.1, 0.15) is 5.75 Å². The van der Waals surface area contributed by atoms with Crippen molar-refractivity contribution in [2.24, 2.45) is 5.84 Å². The lowest BCUT2D eigenvalue weighted by molar-refractivity contribution is 0.315. The van der Waals surface area contributed by atoms with E-state index >= 15 is 0 Å². The maximum atomic E-state index is 5.64. The van der Waals surface area contributed by atoms with E-state index in [4.69, 9.17) is 10.6 Å². The van der Waals surface area contributed by atoms with Gasteiger partial charge >= 0.3 is 0 Å². The molecule has 2 rings (SSSR count). The molecule has 1 atom stereocenters. The molecule has 2 aromatic heterocycles. The third kappa shape index (κ3) is 3.49. The van der Waals surface area contributed by atoms with Crippen LogP contribution in [0.4, 0.5) is 0 Å². The van der Waals surface area contributed by atoms with Gasteiger partial charge in [0.15, 0.2) is 0 Å². The summed E-state index contributed by atoms with van der Waals surface area (Å²) >= 11 is 0. The lowest BCUT2D eigenvalue weighted by Crippen LogP contribution is -2.29. The van der Waals surface area contributed by atoms with Crippen molar-refractivity contribution in [1.82, 2.24) is 20.4 Å². The molecule has 0 spiro atoms. The van der Waals surface area contributed by atoms with Crippen LogP contribution in [0, 0.1) is 6.92 Å². The first-order chi connectivity index (χ1) is 9.74. The summed E-state index contributed by atoms with van der Waals surface area (Å²) in [4.78, 5) is 12.8. The molecule has 106 valence electrons. The standard InChI is InChI=1S/C14H19N5O/c1-3-4-20-12-5-11(7-16-8-12)14(19-15)13-9-17-10(2)6-18-13/h5-9,14,19H,3-4,15H2,1-2H3. The zero-order valence-corrected chi connectivity index (χ0v) is 11.7. The van der Waals surface area contributed by atoms with Gasteiger partial charge in [0.2, 0.25) is 0 Å². The molecule has 20 heavy (non-hydrogen) atoms. The summed E-state index contributed by atoms with van der Waals surface area (Å²) in [6.07, 6.45) is 7.80. The van der Waals surface area contributed by atoms with Crippen molar-refractivity contribution in [2.45, 2.75) is 26.3 Å². The SMILES string of the molecule is CCCOc1cncc(C(NN)c2cnc(C)cn2)c1. The van der Waals surface area contributed by atoms with Gasteiger partial charge in [0, 0.05) is 12.4 Å². The van der Waals surface area contributed by atoms with Crippen molar-refractivity contribution >= 4 is 0 Å². The van der Waals surface area contributed by atoms with Crippen LogP contribution in [0.2, 0.25) is 0 Å². The summed E-state index contributed by atoms with van der Waals surface area (Å²) in [5, 5.41) is 0. The average Bonchev–Trinajstić information content (AvgIpc) is 2.48. The molecule has 0 saturated carbocycles. The van der Waals surface area contributed by atoms with E-state index in [-0.39, 0.29) is 6.04 Å². The number of pyridine rings is 1. The van der Waals surface area contributed by atoms with Crippen molar-refractivity contribution in [3.63, 3.8) is 0 Å². The summed E-state index contributed by atoms with van der Waals surface area (Å²) in [6, 6.07) is 1.65. The minimum absolute atomic E-state index is 0.263. The predicted molar refractivity (Wildman–Crippen MR) is 76.0 cm³/mol. The fourth-order valence-electron chi connectivity index (χ4n) is 1.80. The normalized spacial score (nSPS) is 12.2. The molecule has 0 bridgehead atoms. The summed E-state index contributed by atoms with van der Waals surface area (Å²) in [5.74, 6) is 6.37. The monoisotopic (exact) mass is 273 g/mol. The van der Waals surface area contributed by atoms with Gasteiger partial charge < -0.3 is 4.74 Å². The molecule has 0 saturated heterocycles. The number of hydrogen-bond acceptors (Lipinski definition) is 6. The average molecular weight is 273 g/mol. The smallest absolute Gasteiger partial charge is 0.137 e. The Morgan fingerprint density at radius 3 is 2.75 bits per heavy atom. The molecule has 0 amide bonds. The molecule has 0 aliphatic carbocycles. The van der Waals surface area contributed by atoms with E-state index in [1.807, 2.05) is 13.0 Å². The maximum Gasteiger partial charge on any atom is 0.137 e. The molecule has 2 aromatic rings. The van der Waals surface area contributed by atoms with Crippen LogP contribution in [0.5, 0.6) is 5.75 Å². The highest BCUT2D eigenvalue weighted by molar-refractivity contribution is 5.30. The second kappa shape index (κ2) is 6.93. The molecule has 2 heterocycles. The second-order valence-electron chi connectivity index (χ2n) is 4.48. The molecular formula is C14H19N5O. The van der Waals surface area contributed by atoms with E-state index in [9.17, 15) is 0 Å². The molecule has 6 heteroatoms. The molecule has 0 radical (unpaired) electrons. The minimum atomic E-state index is -0.263. The number of nitrogens with one attached hydrogen (secondary N) is 1. The third-order valence-corrected chi connectivity index (χ3v) is 2.80. The third-order valence-electron chi connectivity index (χ3n) is 2.80. The molecule has 0 fully saturated rings. The number of aromatic nitrogens is 3. The molecule has 6 nitrogen and oxygen atoms in total. The maximum absolute atomic E-state index is 5.64. The molecule has 1 unspecified atom stereocenters. The highest BCUT2D eigenvalue weighted by Gasteiger charge is 2.15. The fourth-order valence-corrected chi connectivity index (χ4v) is 1.80. The largest absolute Gasteiger partial charge is 0.492 e. The van der Waals surface area contributed by atoms with Gasteiger partial charge in [0.05, 0.1) is 36.4 Å². The minimum Gasteiger partial charge on any atom is -0.492 e. The van der Waals surface area contributed by atoms with Gasteiger partial charge in [-0.3, -0.25) is 20.8 Å². The number of ether oxygens (including phenoxy) is 1. The zero-order chi connectivity index (χ0) is 14.4. The van der Waals surface area contributed by atoms with E-state index in [0.29, 0.717) is 6.61 Å². The number of hydrazine groups is 1. The van der Waals surface area contributed by atoms with Crippen LogP contribution in [0.25, 0.3) is 0 Å². The number of hydrogen-bond donors (Lipinski definition) is 2. The quantitative estimate of drug-likeness (QED) is 0.613. The number of nitrogens with zero attached hydrogens (tertiary/aromatic N) is 3. The fraction of sp³-hybridized carbons (Fsp3) is 0.357. The van der Waals surface area contributed by atoms with Gasteiger partial charge in [-0.15, -0.1) is 0 Å². The van der Waals surface area contributed by atoms with Crippen LogP contribution in [-0.4, -0.2) is 21.6 Å². The van der Waals surface area contributed by atoms with Gasteiger partial charge in [-0.05, 0) is 25.0 Å². The second-order valence-corrected chi connectivity index (χ2v) is 4.48. The topological polar surface area (TPSA) is 86.0 Å². The van der Waals surface area contributed by atoms with Crippen LogP contribution in [0.3, 0.4) is 0 Å². The van der Waals surface area contributed by atoms with Crippen LogP contribution in [0.15, 0.2) is 30.9 Å². The lowest BCUT2D eigenvalue weighted by Gasteiger charge is -2.16. The van der Waals surface area contributed by atoms with Crippen LogP contribution in [0.1, 0.15) is 36.3 Å². The summed E-state index contributed by atoms with van der Waals surface area (Å²) in [7, 11) is 0. The Labute approximate surface area is 118 Å². The van der Waals surface area contributed by atoms with E-state index in [2.05, 4.69) is 27.3 Å². The number of nitrogens with two attached hydrogens (primary N) is 1. The Bertz CT molecular complexity index is 544. The first-order valence-corrected chi connectivity index (χ1v) is 6.57.